The molecule has 1 unspecified atom stereocenters. The molecule has 108 valence electrons. The average molecular weight is 297 g/mol. The first-order chi connectivity index (χ1) is 9.51. The molecule has 0 aliphatic carbocycles. The summed E-state index contributed by atoms with van der Waals surface area (Å²) >= 11 is 1.59. The summed E-state index contributed by atoms with van der Waals surface area (Å²) < 4.78 is 26.3. The van der Waals surface area contributed by atoms with E-state index >= 15 is 0 Å². The van der Waals surface area contributed by atoms with Crippen LogP contribution in [-0.4, -0.2) is 23.5 Å². The zero-order chi connectivity index (χ0) is 14.7. The maximum Gasteiger partial charge on any atom is 0.159 e. The molecule has 3 nitrogen and oxygen atoms in total. The van der Waals surface area contributed by atoms with E-state index in [1.165, 1.54) is 6.07 Å². The van der Waals surface area contributed by atoms with Gasteiger partial charge in [0.25, 0.3) is 0 Å². The number of hydrogen-bond donors (Lipinski definition) is 1. The third kappa shape index (κ3) is 3.39. The highest BCUT2D eigenvalue weighted by molar-refractivity contribution is 7.09. The lowest BCUT2D eigenvalue weighted by Gasteiger charge is -2.26. The second kappa shape index (κ2) is 6.39. The fraction of sp³-hybridized carbons (Fsp3) is 0.357. The molecule has 0 spiro atoms. The van der Waals surface area contributed by atoms with Gasteiger partial charge >= 0.3 is 0 Å². The molecule has 6 heteroatoms. The van der Waals surface area contributed by atoms with Gasteiger partial charge in [-0.05, 0) is 31.7 Å². The Morgan fingerprint density at radius 1 is 1.35 bits per heavy atom. The summed E-state index contributed by atoms with van der Waals surface area (Å²) in [6.45, 7) is 2.89. The first kappa shape index (κ1) is 15.0. The van der Waals surface area contributed by atoms with Gasteiger partial charge in [0.1, 0.15) is 0 Å². The quantitative estimate of drug-likeness (QED) is 0.922. The molecule has 0 aliphatic rings. The number of aryl methyl sites for hydroxylation is 1. The summed E-state index contributed by atoms with van der Waals surface area (Å²) in [6, 6.07) is 3.73. The van der Waals surface area contributed by atoms with Gasteiger partial charge in [-0.25, -0.2) is 13.8 Å². The van der Waals surface area contributed by atoms with Crippen LogP contribution in [-0.2, 0) is 6.54 Å². The number of hydrogen-bond acceptors (Lipinski definition) is 4. The van der Waals surface area contributed by atoms with Crippen LogP contribution in [0, 0.1) is 18.6 Å². The van der Waals surface area contributed by atoms with Gasteiger partial charge in [-0.2, -0.15) is 0 Å². The first-order valence-corrected chi connectivity index (χ1v) is 7.15. The molecule has 0 amide bonds. The molecule has 20 heavy (non-hydrogen) atoms. The molecule has 1 atom stereocenters. The molecule has 2 rings (SSSR count). The molecule has 0 saturated heterocycles. The zero-order valence-corrected chi connectivity index (χ0v) is 12.3. The van der Waals surface area contributed by atoms with E-state index in [1.807, 2.05) is 24.3 Å². The number of nitrogens with two attached hydrogens (primary N) is 1. The lowest BCUT2D eigenvalue weighted by Crippen LogP contribution is -2.30. The van der Waals surface area contributed by atoms with E-state index in [-0.39, 0.29) is 6.04 Å². The van der Waals surface area contributed by atoms with Gasteiger partial charge in [0.15, 0.2) is 11.6 Å². The van der Waals surface area contributed by atoms with Crippen LogP contribution < -0.4 is 5.73 Å². The van der Waals surface area contributed by atoms with Gasteiger partial charge in [0.2, 0.25) is 0 Å². The molecule has 0 aliphatic heterocycles. The standard InChI is InChI=1S/C14H17F2N3S/c1-9-18-11(8-20-9)7-19(2)14(6-17)10-3-4-12(15)13(16)5-10/h3-5,8,14H,6-7,17H2,1-2H3. The third-order valence-electron chi connectivity index (χ3n) is 3.16. The number of likely N-dealkylation sites (N-methyl/N-ethyl adjacent to an activating group) is 1. The second-order valence-corrected chi connectivity index (χ2v) is 5.76. The number of aromatic nitrogens is 1. The minimum absolute atomic E-state index is 0.174. The Morgan fingerprint density at radius 3 is 2.65 bits per heavy atom. The average Bonchev–Trinajstić information content (AvgIpc) is 2.80. The Hall–Kier alpha value is -1.37. The molecule has 0 radical (unpaired) electrons. The van der Waals surface area contributed by atoms with Crippen LogP contribution in [0.5, 0.6) is 0 Å². The molecule has 0 fully saturated rings. The number of thiazole rings is 1. The van der Waals surface area contributed by atoms with Gasteiger partial charge in [0, 0.05) is 24.5 Å². The minimum atomic E-state index is -0.848. The maximum absolute atomic E-state index is 13.3. The summed E-state index contributed by atoms with van der Waals surface area (Å²) in [5.41, 5.74) is 7.40. The first-order valence-electron chi connectivity index (χ1n) is 6.27. The number of rotatable bonds is 5. The van der Waals surface area contributed by atoms with Crippen LogP contribution in [0.3, 0.4) is 0 Å². The summed E-state index contributed by atoms with van der Waals surface area (Å²) in [7, 11) is 1.90. The smallest absolute Gasteiger partial charge is 0.159 e. The van der Waals surface area contributed by atoms with E-state index in [2.05, 4.69) is 4.98 Å². The largest absolute Gasteiger partial charge is 0.329 e. The van der Waals surface area contributed by atoms with Crippen molar-refractivity contribution in [1.82, 2.24) is 9.88 Å². The van der Waals surface area contributed by atoms with Crippen molar-refractivity contribution in [1.29, 1.82) is 0 Å². The predicted octanol–water partition coefficient (Wildman–Crippen LogP) is 2.86. The topological polar surface area (TPSA) is 42.2 Å². The summed E-state index contributed by atoms with van der Waals surface area (Å²) in [5.74, 6) is -1.69. The molecule has 1 aromatic heterocycles. The van der Waals surface area contributed by atoms with Crippen molar-refractivity contribution in [2.45, 2.75) is 19.5 Å². The van der Waals surface area contributed by atoms with Crippen molar-refractivity contribution in [3.05, 3.63) is 51.5 Å². The fourth-order valence-corrected chi connectivity index (χ4v) is 2.74. The van der Waals surface area contributed by atoms with E-state index < -0.39 is 11.6 Å². The van der Waals surface area contributed by atoms with Crippen molar-refractivity contribution in [3.63, 3.8) is 0 Å². The Labute approximate surface area is 121 Å². The Kier molecular flexibility index (Phi) is 4.80. The highest BCUT2D eigenvalue weighted by Crippen LogP contribution is 2.22. The number of nitrogens with zero attached hydrogens (tertiary/aromatic N) is 2. The van der Waals surface area contributed by atoms with Gasteiger partial charge in [-0.15, -0.1) is 11.3 Å². The Bertz CT molecular complexity index is 586. The molecule has 2 N–H and O–H groups in total. The Balaban J connectivity index is 2.16. The van der Waals surface area contributed by atoms with Crippen molar-refractivity contribution >= 4 is 11.3 Å². The van der Waals surface area contributed by atoms with Crippen molar-refractivity contribution in [3.8, 4) is 0 Å². The molecule has 0 bridgehead atoms. The predicted molar refractivity (Wildman–Crippen MR) is 76.5 cm³/mol. The molecule has 0 saturated carbocycles. The highest BCUT2D eigenvalue weighted by Gasteiger charge is 2.18. The van der Waals surface area contributed by atoms with E-state index in [0.717, 1.165) is 16.8 Å². The summed E-state index contributed by atoms with van der Waals surface area (Å²) in [5, 5.41) is 3.00. The molecular weight excluding hydrogens is 280 g/mol. The van der Waals surface area contributed by atoms with Crippen LogP contribution >= 0.6 is 11.3 Å². The highest BCUT2D eigenvalue weighted by atomic mass is 32.1. The van der Waals surface area contributed by atoms with Gasteiger partial charge in [0.05, 0.1) is 10.7 Å². The van der Waals surface area contributed by atoms with Crippen molar-refractivity contribution in [2.75, 3.05) is 13.6 Å². The summed E-state index contributed by atoms with van der Waals surface area (Å²) in [4.78, 5) is 6.38. The number of benzene rings is 1. The second-order valence-electron chi connectivity index (χ2n) is 4.70. The van der Waals surface area contributed by atoms with Crippen LogP contribution in [0.1, 0.15) is 22.3 Å². The zero-order valence-electron chi connectivity index (χ0n) is 11.4. The van der Waals surface area contributed by atoms with Crippen LogP contribution in [0.15, 0.2) is 23.6 Å². The fourth-order valence-electron chi connectivity index (χ4n) is 2.14. The van der Waals surface area contributed by atoms with E-state index in [4.69, 9.17) is 5.73 Å². The summed E-state index contributed by atoms with van der Waals surface area (Å²) in [6.07, 6.45) is 0. The van der Waals surface area contributed by atoms with Gasteiger partial charge in [-0.3, -0.25) is 4.90 Å². The Morgan fingerprint density at radius 2 is 2.10 bits per heavy atom. The van der Waals surface area contributed by atoms with E-state index in [1.54, 1.807) is 17.4 Å². The van der Waals surface area contributed by atoms with Crippen molar-refractivity contribution in [2.24, 2.45) is 5.73 Å². The van der Waals surface area contributed by atoms with Gasteiger partial charge < -0.3 is 5.73 Å². The monoisotopic (exact) mass is 297 g/mol. The van der Waals surface area contributed by atoms with E-state index in [0.29, 0.717) is 18.7 Å². The number of halogens is 2. The third-order valence-corrected chi connectivity index (χ3v) is 3.98. The lowest BCUT2D eigenvalue weighted by atomic mass is 10.1. The van der Waals surface area contributed by atoms with Crippen LogP contribution in [0.25, 0.3) is 0 Å². The normalized spacial score (nSPS) is 12.9. The molecule has 1 heterocycles. The molecule has 1 aromatic carbocycles. The van der Waals surface area contributed by atoms with Crippen LogP contribution in [0.2, 0.25) is 0 Å². The molecule has 2 aromatic rings. The molecular formula is C14H17F2N3S. The van der Waals surface area contributed by atoms with Gasteiger partial charge in [-0.1, -0.05) is 6.07 Å². The minimum Gasteiger partial charge on any atom is -0.329 e. The van der Waals surface area contributed by atoms with Crippen molar-refractivity contribution < 1.29 is 8.78 Å². The van der Waals surface area contributed by atoms with E-state index in [9.17, 15) is 8.78 Å². The maximum atomic E-state index is 13.3. The lowest BCUT2D eigenvalue weighted by molar-refractivity contribution is 0.238. The SMILES string of the molecule is Cc1nc(CN(C)C(CN)c2ccc(F)c(F)c2)cs1. The van der Waals surface area contributed by atoms with Crippen LogP contribution in [0.4, 0.5) is 8.78 Å².